The van der Waals surface area contributed by atoms with Gasteiger partial charge in [0.1, 0.15) is 6.10 Å². The van der Waals surface area contributed by atoms with Crippen molar-refractivity contribution in [1.82, 2.24) is 0 Å². The Morgan fingerprint density at radius 2 is 2.00 bits per heavy atom. The molecule has 0 N–H and O–H groups in total. The molecule has 0 bridgehead atoms. The van der Waals surface area contributed by atoms with Crippen LogP contribution in [0.25, 0.3) is 0 Å². The zero-order chi connectivity index (χ0) is 7.68. The normalized spacial score (nSPS) is 28.5. The van der Waals surface area contributed by atoms with Crippen molar-refractivity contribution in [3.63, 3.8) is 0 Å². The lowest BCUT2D eigenvalue weighted by Gasteiger charge is -1.91. The van der Waals surface area contributed by atoms with Crippen LogP contribution in [-0.4, -0.2) is 11.4 Å². The molecular weight excluding hydrogens is 204 g/mol. The van der Waals surface area contributed by atoms with E-state index in [0.717, 1.165) is 5.33 Å². The van der Waals surface area contributed by atoms with Gasteiger partial charge in [0.05, 0.1) is 6.10 Å². The van der Waals surface area contributed by atoms with Gasteiger partial charge in [-0.1, -0.05) is 46.3 Å². The number of hydrogen-bond acceptors (Lipinski definition) is 1. The lowest BCUT2D eigenvalue weighted by molar-refractivity contribution is 0.385. The molecule has 1 heterocycles. The van der Waals surface area contributed by atoms with Crippen LogP contribution in [-0.2, 0) is 4.74 Å². The van der Waals surface area contributed by atoms with Gasteiger partial charge in [-0.3, -0.25) is 0 Å². The fourth-order valence-corrected chi connectivity index (χ4v) is 1.69. The molecule has 0 spiro atoms. The van der Waals surface area contributed by atoms with Gasteiger partial charge in [-0.15, -0.1) is 0 Å². The number of rotatable bonds is 2. The summed E-state index contributed by atoms with van der Waals surface area (Å²) in [5.74, 6) is 0. The van der Waals surface area contributed by atoms with Crippen LogP contribution in [0.2, 0.25) is 0 Å². The number of ether oxygens (including phenoxy) is 1. The zero-order valence-electron chi connectivity index (χ0n) is 6.03. The fraction of sp³-hybridized carbons (Fsp3) is 0.333. The van der Waals surface area contributed by atoms with Gasteiger partial charge in [0.2, 0.25) is 0 Å². The van der Waals surface area contributed by atoms with Crippen molar-refractivity contribution in [1.29, 1.82) is 0 Å². The molecule has 1 aliphatic rings. The van der Waals surface area contributed by atoms with Crippen molar-refractivity contribution in [2.75, 3.05) is 5.33 Å². The third-order valence-corrected chi connectivity index (χ3v) is 2.50. The van der Waals surface area contributed by atoms with Crippen molar-refractivity contribution in [3.05, 3.63) is 35.9 Å². The van der Waals surface area contributed by atoms with E-state index in [2.05, 4.69) is 28.1 Å². The van der Waals surface area contributed by atoms with Gasteiger partial charge in [0, 0.05) is 5.33 Å². The molecular formula is C9H9BrO. The fourth-order valence-electron chi connectivity index (χ4n) is 1.20. The molecule has 0 saturated carbocycles. The molecule has 1 fully saturated rings. The maximum atomic E-state index is 5.41. The maximum absolute atomic E-state index is 5.41. The van der Waals surface area contributed by atoms with Crippen molar-refractivity contribution < 1.29 is 4.74 Å². The van der Waals surface area contributed by atoms with E-state index in [4.69, 9.17) is 4.74 Å². The van der Waals surface area contributed by atoms with Crippen molar-refractivity contribution in [2.45, 2.75) is 12.2 Å². The minimum atomic E-state index is 0.343. The Bertz CT molecular complexity index is 235. The van der Waals surface area contributed by atoms with Crippen LogP contribution in [0.1, 0.15) is 11.7 Å². The second-order valence-electron chi connectivity index (χ2n) is 2.66. The Labute approximate surface area is 74.5 Å². The molecule has 1 saturated heterocycles. The molecule has 1 aromatic carbocycles. The molecule has 0 amide bonds. The van der Waals surface area contributed by atoms with E-state index in [1.54, 1.807) is 0 Å². The summed E-state index contributed by atoms with van der Waals surface area (Å²) < 4.78 is 5.41. The van der Waals surface area contributed by atoms with Gasteiger partial charge in [-0.2, -0.15) is 0 Å². The van der Waals surface area contributed by atoms with Crippen LogP contribution in [0.4, 0.5) is 0 Å². The predicted octanol–water partition coefficient (Wildman–Crippen LogP) is 2.52. The number of halogens is 1. The van der Waals surface area contributed by atoms with Gasteiger partial charge in [0.15, 0.2) is 0 Å². The van der Waals surface area contributed by atoms with Crippen LogP contribution in [0.5, 0.6) is 0 Å². The van der Waals surface area contributed by atoms with Crippen molar-refractivity contribution in [2.24, 2.45) is 0 Å². The summed E-state index contributed by atoms with van der Waals surface area (Å²) in [6.07, 6.45) is 0.743. The molecule has 0 aliphatic carbocycles. The lowest BCUT2D eigenvalue weighted by Crippen LogP contribution is -1.87. The minimum absolute atomic E-state index is 0.343. The summed E-state index contributed by atoms with van der Waals surface area (Å²) in [4.78, 5) is 0. The maximum Gasteiger partial charge on any atom is 0.110 e. The van der Waals surface area contributed by atoms with Gasteiger partial charge in [-0.05, 0) is 5.56 Å². The zero-order valence-corrected chi connectivity index (χ0v) is 7.62. The summed E-state index contributed by atoms with van der Waals surface area (Å²) in [7, 11) is 0. The average Bonchev–Trinajstić information content (AvgIpc) is 2.85. The van der Waals surface area contributed by atoms with Crippen molar-refractivity contribution in [3.8, 4) is 0 Å². The highest BCUT2D eigenvalue weighted by Crippen LogP contribution is 2.39. The Kier molecular flexibility index (Phi) is 1.96. The topological polar surface area (TPSA) is 12.5 Å². The second kappa shape index (κ2) is 2.95. The summed E-state index contributed by atoms with van der Waals surface area (Å²) in [5, 5.41) is 0.937. The standard InChI is InChI=1S/C9H9BrO/c10-6-8-9(11-8)7-4-2-1-3-5-7/h1-5,8-9H,6H2. The first kappa shape index (κ1) is 7.32. The third-order valence-electron chi connectivity index (χ3n) is 1.86. The van der Waals surface area contributed by atoms with Gasteiger partial charge in [-0.25, -0.2) is 0 Å². The predicted molar refractivity (Wildman–Crippen MR) is 47.9 cm³/mol. The third kappa shape index (κ3) is 1.47. The SMILES string of the molecule is BrCC1OC1c1ccccc1. The highest BCUT2D eigenvalue weighted by molar-refractivity contribution is 9.09. The quantitative estimate of drug-likeness (QED) is 0.543. The molecule has 1 nitrogen and oxygen atoms in total. The molecule has 2 rings (SSSR count). The van der Waals surface area contributed by atoms with Gasteiger partial charge in [0.25, 0.3) is 0 Å². The highest BCUT2D eigenvalue weighted by Gasteiger charge is 2.38. The van der Waals surface area contributed by atoms with Crippen LogP contribution >= 0.6 is 15.9 Å². The second-order valence-corrected chi connectivity index (χ2v) is 3.31. The van der Waals surface area contributed by atoms with E-state index in [1.165, 1.54) is 5.56 Å². The van der Waals surface area contributed by atoms with Gasteiger partial charge >= 0.3 is 0 Å². The van der Waals surface area contributed by atoms with Crippen LogP contribution in [0, 0.1) is 0 Å². The Morgan fingerprint density at radius 3 is 2.55 bits per heavy atom. The van der Waals surface area contributed by atoms with E-state index < -0.39 is 0 Å². The Hall–Kier alpha value is -0.340. The Balaban J connectivity index is 2.09. The Morgan fingerprint density at radius 1 is 1.27 bits per heavy atom. The first-order valence-corrected chi connectivity index (χ1v) is 4.80. The van der Waals surface area contributed by atoms with Gasteiger partial charge < -0.3 is 4.74 Å². The number of benzene rings is 1. The van der Waals surface area contributed by atoms with E-state index in [-0.39, 0.29) is 0 Å². The van der Waals surface area contributed by atoms with E-state index in [9.17, 15) is 0 Å². The van der Waals surface area contributed by atoms with E-state index in [0.29, 0.717) is 12.2 Å². The van der Waals surface area contributed by atoms with Crippen LogP contribution in [0.15, 0.2) is 30.3 Å². The molecule has 1 aliphatic heterocycles. The molecule has 2 atom stereocenters. The lowest BCUT2D eigenvalue weighted by atomic mass is 10.1. The summed E-state index contributed by atoms with van der Waals surface area (Å²) in [6.45, 7) is 0. The molecule has 11 heavy (non-hydrogen) atoms. The van der Waals surface area contributed by atoms with Crippen molar-refractivity contribution >= 4 is 15.9 Å². The monoisotopic (exact) mass is 212 g/mol. The van der Waals surface area contributed by atoms with E-state index >= 15 is 0 Å². The largest absolute Gasteiger partial charge is 0.364 e. The molecule has 1 aromatic rings. The molecule has 0 radical (unpaired) electrons. The summed E-state index contributed by atoms with van der Waals surface area (Å²) in [5.41, 5.74) is 1.29. The average molecular weight is 213 g/mol. The first-order chi connectivity index (χ1) is 5.42. The summed E-state index contributed by atoms with van der Waals surface area (Å²) >= 11 is 3.39. The van der Waals surface area contributed by atoms with Crippen LogP contribution < -0.4 is 0 Å². The molecule has 0 aromatic heterocycles. The number of hydrogen-bond donors (Lipinski definition) is 0. The minimum Gasteiger partial charge on any atom is -0.364 e. The smallest absolute Gasteiger partial charge is 0.110 e. The molecule has 2 heteroatoms. The molecule has 58 valence electrons. The van der Waals surface area contributed by atoms with E-state index in [1.807, 2.05) is 18.2 Å². The number of alkyl halides is 1. The summed E-state index contributed by atoms with van der Waals surface area (Å²) in [6, 6.07) is 10.3. The highest BCUT2D eigenvalue weighted by atomic mass is 79.9. The van der Waals surface area contributed by atoms with Crippen LogP contribution in [0.3, 0.4) is 0 Å². The number of epoxide rings is 1. The first-order valence-electron chi connectivity index (χ1n) is 3.68. The molecule has 2 unspecified atom stereocenters.